The Hall–Kier alpha value is -0.620. The molecule has 0 aliphatic heterocycles. The van der Waals surface area contributed by atoms with Gasteiger partial charge in [0, 0.05) is 18.1 Å². The zero-order chi connectivity index (χ0) is 13.1. The number of esters is 1. The van der Waals surface area contributed by atoms with Crippen molar-refractivity contribution in [2.75, 3.05) is 37.7 Å². The smallest absolute Gasteiger partial charge is 0.335 e. The largest absolute Gasteiger partial charge is 0.464 e. The van der Waals surface area contributed by atoms with Crippen molar-refractivity contribution in [1.82, 2.24) is 4.90 Å². The van der Waals surface area contributed by atoms with E-state index in [4.69, 9.17) is 4.74 Å². The van der Waals surface area contributed by atoms with Gasteiger partial charge in [0.05, 0.1) is 6.61 Å². The van der Waals surface area contributed by atoms with E-state index in [1.54, 1.807) is 18.7 Å². The minimum absolute atomic E-state index is 0.287. The van der Waals surface area contributed by atoms with Crippen LogP contribution in [0.25, 0.3) is 0 Å². The number of nitroso groups, excluding NO2 is 1. The molecular weight excluding hydrogens is 240 g/mol. The van der Waals surface area contributed by atoms with E-state index < -0.39 is 12.0 Å². The maximum atomic E-state index is 11.3. The molecule has 1 atom stereocenters. The first kappa shape index (κ1) is 16.4. The minimum Gasteiger partial charge on any atom is -0.464 e. The Bertz CT molecular complexity index is 223. The zero-order valence-corrected chi connectivity index (χ0v) is 11.7. The van der Waals surface area contributed by atoms with E-state index in [-0.39, 0.29) is 6.61 Å². The van der Waals surface area contributed by atoms with Gasteiger partial charge in [-0.1, -0.05) is 19.0 Å². The van der Waals surface area contributed by atoms with E-state index in [9.17, 15) is 9.70 Å². The number of ether oxygens (including phenoxy) is 1. The van der Waals surface area contributed by atoms with E-state index in [0.29, 0.717) is 5.75 Å². The third-order valence-corrected chi connectivity index (χ3v) is 3.43. The molecule has 5 nitrogen and oxygen atoms in total. The third-order valence-electron chi connectivity index (χ3n) is 2.41. The summed E-state index contributed by atoms with van der Waals surface area (Å²) in [7, 11) is 0. The fourth-order valence-corrected chi connectivity index (χ4v) is 2.28. The minimum atomic E-state index is -0.864. The SMILES string of the molecule is CCOC(=O)C(CSCCN(CC)CC)N=O. The van der Waals surface area contributed by atoms with Crippen molar-refractivity contribution in [2.45, 2.75) is 26.8 Å². The molecule has 100 valence electrons. The van der Waals surface area contributed by atoms with E-state index in [2.05, 4.69) is 23.9 Å². The number of nitrogens with zero attached hydrogens (tertiary/aromatic N) is 2. The van der Waals surface area contributed by atoms with Crippen LogP contribution in [0.2, 0.25) is 0 Å². The van der Waals surface area contributed by atoms with Gasteiger partial charge in [-0.05, 0) is 20.0 Å². The predicted molar refractivity (Wildman–Crippen MR) is 71.3 cm³/mol. The maximum Gasteiger partial charge on any atom is 0.335 e. The lowest BCUT2D eigenvalue weighted by molar-refractivity contribution is -0.144. The van der Waals surface area contributed by atoms with Crippen molar-refractivity contribution in [3.8, 4) is 0 Å². The lowest BCUT2D eigenvalue weighted by atomic mass is 10.4. The average Bonchev–Trinajstić information content (AvgIpc) is 2.34. The molecule has 6 heteroatoms. The van der Waals surface area contributed by atoms with Gasteiger partial charge in [0.2, 0.25) is 0 Å². The standard InChI is InChI=1S/C11H22N2O3S/c1-4-13(5-2)7-8-17-9-10(12-15)11(14)16-6-3/h10H,4-9H2,1-3H3. The lowest BCUT2D eigenvalue weighted by Gasteiger charge is -2.17. The van der Waals surface area contributed by atoms with Crippen molar-refractivity contribution < 1.29 is 9.53 Å². The summed E-state index contributed by atoms with van der Waals surface area (Å²) in [5, 5.41) is 2.80. The van der Waals surface area contributed by atoms with Crippen molar-refractivity contribution in [3.05, 3.63) is 4.91 Å². The van der Waals surface area contributed by atoms with Gasteiger partial charge in [-0.25, -0.2) is 4.79 Å². The Morgan fingerprint density at radius 2 is 2.00 bits per heavy atom. The topological polar surface area (TPSA) is 59.0 Å². The van der Waals surface area contributed by atoms with Gasteiger partial charge in [0.25, 0.3) is 0 Å². The van der Waals surface area contributed by atoms with Gasteiger partial charge in [0.15, 0.2) is 6.04 Å². The van der Waals surface area contributed by atoms with Crippen molar-refractivity contribution in [3.63, 3.8) is 0 Å². The molecule has 0 rings (SSSR count). The highest BCUT2D eigenvalue weighted by Crippen LogP contribution is 2.08. The molecule has 0 aromatic heterocycles. The Kier molecular flexibility index (Phi) is 10.1. The Labute approximate surface area is 107 Å². The lowest BCUT2D eigenvalue weighted by Crippen LogP contribution is -2.27. The summed E-state index contributed by atoms with van der Waals surface area (Å²) < 4.78 is 4.76. The first-order chi connectivity index (χ1) is 8.19. The molecule has 0 heterocycles. The van der Waals surface area contributed by atoms with Gasteiger partial charge in [-0.15, -0.1) is 4.91 Å². The van der Waals surface area contributed by atoms with Gasteiger partial charge < -0.3 is 9.64 Å². The third kappa shape index (κ3) is 7.33. The summed E-state index contributed by atoms with van der Waals surface area (Å²) in [5.41, 5.74) is 0. The molecule has 1 unspecified atom stereocenters. The Morgan fingerprint density at radius 1 is 1.35 bits per heavy atom. The average molecular weight is 262 g/mol. The van der Waals surface area contributed by atoms with E-state index in [1.807, 2.05) is 0 Å². The van der Waals surface area contributed by atoms with Crippen molar-refractivity contribution in [2.24, 2.45) is 5.18 Å². The summed E-state index contributed by atoms with van der Waals surface area (Å²) >= 11 is 1.56. The van der Waals surface area contributed by atoms with Crippen LogP contribution in [-0.2, 0) is 9.53 Å². The normalized spacial score (nSPS) is 12.5. The molecule has 0 aliphatic carbocycles. The van der Waals surface area contributed by atoms with Crippen LogP contribution >= 0.6 is 11.8 Å². The molecule has 0 spiro atoms. The second kappa shape index (κ2) is 10.5. The molecule has 0 bridgehead atoms. The number of thioether (sulfide) groups is 1. The second-order valence-corrected chi connectivity index (χ2v) is 4.62. The fourth-order valence-electron chi connectivity index (χ4n) is 1.31. The van der Waals surface area contributed by atoms with Crippen molar-refractivity contribution in [1.29, 1.82) is 0 Å². The van der Waals surface area contributed by atoms with Gasteiger partial charge in [-0.3, -0.25) is 0 Å². The molecule has 0 aromatic rings. The molecule has 0 saturated heterocycles. The first-order valence-corrected chi connectivity index (χ1v) is 7.14. The Morgan fingerprint density at radius 3 is 2.47 bits per heavy atom. The highest BCUT2D eigenvalue weighted by molar-refractivity contribution is 7.99. The number of carbonyl (C=O) groups is 1. The number of rotatable bonds is 10. The van der Waals surface area contributed by atoms with Crippen LogP contribution in [0.5, 0.6) is 0 Å². The zero-order valence-electron chi connectivity index (χ0n) is 10.8. The molecule has 0 radical (unpaired) electrons. The van der Waals surface area contributed by atoms with E-state index in [0.717, 1.165) is 25.4 Å². The van der Waals surface area contributed by atoms with Gasteiger partial charge in [0.1, 0.15) is 0 Å². The van der Waals surface area contributed by atoms with Gasteiger partial charge >= 0.3 is 5.97 Å². The highest BCUT2D eigenvalue weighted by atomic mass is 32.2. The summed E-state index contributed by atoms with van der Waals surface area (Å²) in [6.45, 7) is 9.23. The van der Waals surface area contributed by atoms with E-state index in [1.165, 1.54) is 0 Å². The second-order valence-electron chi connectivity index (χ2n) is 3.48. The molecule has 0 aromatic carbocycles. The number of carbonyl (C=O) groups excluding carboxylic acids is 1. The van der Waals surface area contributed by atoms with Crippen LogP contribution in [-0.4, -0.2) is 54.7 Å². The molecule has 17 heavy (non-hydrogen) atoms. The first-order valence-electron chi connectivity index (χ1n) is 5.98. The molecule has 0 amide bonds. The Balaban J connectivity index is 3.76. The van der Waals surface area contributed by atoms with Crippen LogP contribution in [0.1, 0.15) is 20.8 Å². The quantitative estimate of drug-likeness (QED) is 0.341. The fraction of sp³-hybridized carbons (Fsp3) is 0.909. The van der Waals surface area contributed by atoms with E-state index >= 15 is 0 Å². The van der Waals surface area contributed by atoms with Crippen LogP contribution in [0.4, 0.5) is 0 Å². The summed E-state index contributed by atoms with van der Waals surface area (Å²) in [4.78, 5) is 24.1. The molecular formula is C11H22N2O3S. The molecule has 0 aliphatic rings. The van der Waals surface area contributed by atoms with Crippen LogP contribution in [0.15, 0.2) is 5.18 Å². The van der Waals surface area contributed by atoms with Crippen LogP contribution < -0.4 is 0 Å². The summed E-state index contributed by atoms with van der Waals surface area (Å²) in [5.74, 6) is 0.786. The number of hydrogen-bond donors (Lipinski definition) is 0. The predicted octanol–water partition coefficient (Wildman–Crippen LogP) is 1.76. The summed E-state index contributed by atoms with van der Waals surface area (Å²) in [6, 6.07) is -0.864. The monoisotopic (exact) mass is 262 g/mol. The maximum absolute atomic E-state index is 11.3. The van der Waals surface area contributed by atoms with Crippen molar-refractivity contribution >= 4 is 17.7 Å². The number of hydrogen-bond acceptors (Lipinski definition) is 6. The van der Waals surface area contributed by atoms with Crippen LogP contribution in [0, 0.1) is 4.91 Å². The molecule has 0 fully saturated rings. The molecule has 0 saturated carbocycles. The molecule has 0 N–H and O–H groups in total. The highest BCUT2D eigenvalue weighted by Gasteiger charge is 2.20. The summed E-state index contributed by atoms with van der Waals surface area (Å²) in [6.07, 6.45) is 0. The van der Waals surface area contributed by atoms with Gasteiger partial charge in [-0.2, -0.15) is 11.8 Å². The van der Waals surface area contributed by atoms with Crippen LogP contribution in [0.3, 0.4) is 0 Å².